The molecule has 98 valence electrons. The molecule has 0 saturated heterocycles. The molecule has 6 heteroatoms. The molecule has 0 heterocycles. The standard InChI is InChI=1S/C12H14Cl2N2OS/c1-8(2)15-16-12(17)7-18-6-9-10(13)4-3-5-11(9)14/h3-5H,6-7H2,1-2H3,(H,16,17). The molecule has 1 rings (SSSR count). The molecule has 3 nitrogen and oxygen atoms in total. The van der Waals surface area contributed by atoms with Crippen molar-refractivity contribution < 1.29 is 4.79 Å². The number of benzene rings is 1. The largest absolute Gasteiger partial charge is 0.272 e. The molecule has 0 aliphatic heterocycles. The monoisotopic (exact) mass is 304 g/mol. The Morgan fingerprint density at radius 1 is 1.33 bits per heavy atom. The second-order valence-corrected chi connectivity index (χ2v) is 5.59. The fourth-order valence-electron chi connectivity index (χ4n) is 1.12. The minimum atomic E-state index is -0.135. The number of carbonyl (C=O) groups is 1. The Morgan fingerprint density at radius 3 is 2.50 bits per heavy atom. The lowest BCUT2D eigenvalue weighted by Crippen LogP contribution is -2.20. The van der Waals surface area contributed by atoms with Gasteiger partial charge in [0.15, 0.2) is 0 Å². The zero-order valence-corrected chi connectivity index (χ0v) is 12.5. The smallest absolute Gasteiger partial charge is 0.250 e. The molecule has 0 aliphatic carbocycles. The van der Waals surface area contributed by atoms with Crippen LogP contribution in [0.15, 0.2) is 23.3 Å². The van der Waals surface area contributed by atoms with Gasteiger partial charge in [-0.15, -0.1) is 11.8 Å². The molecule has 0 bridgehead atoms. The summed E-state index contributed by atoms with van der Waals surface area (Å²) in [5.74, 6) is 0.781. The zero-order chi connectivity index (χ0) is 13.5. The highest BCUT2D eigenvalue weighted by molar-refractivity contribution is 7.99. The molecule has 1 aromatic rings. The molecule has 0 saturated carbocycles. The first-order valence-corrected chi connectivity index (χ1v) is 7.22. The molecular formula is C12H14Cl2N2OS. The molecule has 0 radical (unpaired) electrons. The Morgan fingerprint density at radius 2 is 1.94 bits per heavy atom. The van der Waals surface area contributed by atoms with Gasteiger partial charge in [0.2, 0.25) is 5.91 Å². The number of nitrogens with zero attached hydrogens (tertiary/aromatic N) is 1. The number of amides is 1. The van der Waals surface area contributed by atoms with Crippen molar-refractivity contribution in [2.75, 3.05) is 5.75 Å². The Balaban J connectivity index is 2.42. The third-order valence-electron chi connectivity index (χ3n) is 1.95. The third-order valence-corrected chi connectivity index (χ3v) is 3.61. The number of hydrazone groups is 1. The second kappa shape index (κ2) is 7.67. The highest BCUT2D eigenvalue weighted by Crippen LogP contribution is 2.27. The maximum absolute atomic E-state index is 11.4. The van der Waals surface area contributed by atoms with E-state index in [0.717, 1.165) is 11.3 Å². The van der Waals surface area contributed by atoms with Gasteiger partial charge >= 0.3 is 0 Å². The van der Waals surface area contributed by atoms with Crippen LogP contribution in [0.1, 0.15) is 19.4 Å². The molecule has 18 heavy (non-hydrogen) atoms. The summed E-state index contributed by atoms with van der Waals surface area (Å²) in [4.78, 5) is 11.4. The molecule has 0 fully saturated rings. The van der Waals surface area contributed by atoms with Gasteiger partial charge in [0.1, 0.15) is 0 Å². The van der Waals surface area contributed by atoms with Gasteiger partial charge in [-0.3, -0.25) is 4.79 Å². The normalized spacial score (nSPS) is 10.0. The van der Waals surface area contributed by atoms with Crippen molar-refractivity contribution in [1.82, 2.24) is 5.43 Å². The first-order chi connectivity index (χ1) is 8.50. The van der Waals surface area contributed by atoms with Crippen molar-refractivity contribution in [3.05, 3.63) is 33.8 Å². The zero-order valence-electron chi connectivity index (χ0n) is 10.2. The van der Waals surface area contributed by atoms with Gasteiger partial charge in [-0.05, 0) is 31.5 Å². The molecule has 1 aromatic carbocycles. The van der Waals surface area contributed by atoms with Crippen LogP contribution in [-0.2, 0) is 10.5 Å². The van der Waals surface area contributed by atoms with E-state index in [9.17, 15) is 4.79 Å². The minimum Gasteiger partial charge on any atom is -0.272 e. The van der Waals surface area contributed by atoms with Gasteiger partial charge in [0, 0.05) is 21.5 Å². The Kier molecular flexibility index (Phi) is 6.54. The summed E-state index contributed by atoms with van der Waals surface area (Å²) in [5, 5.41) is 5.08. The van der Waals surface area contributed by atoms with E-state index in [1.165, 1.54) is 11.8 Å². The van der Waals surface area contributed by atoms with Crippen LogP contribution in [0.5, 0.6) is 0 Å². The number of carbonyl (C=O) groups excluding carboxylic acids is 1. The lowest BCUT2D eigenvalue weighted by molar-refractivity contribution is -0.118. The average Bonchev–Trinajstić information content (AvgIpc) is 2.30. The van der Waals surface area contributed by atoms with Crippen molar-refractivity contribution >= 4 is 46.6 Å². The van der Waals surface area contributed by atoms with Crippen molar-refractivity contribution in [3.63, 3.8) is 0 Å². The summed E-state index contributed by atoms with van der Waals surface area (Å²) in [7, 11) is 0. The summed E-state index contributed by atoms with van der Waals surface area (Å²) in [6, 6.07) is 5.37. The Bertz CT molecular complexity index is 439. The molecule has 0 aromatic heterocycles. The number of halogens is 2. The van der Waals surface area contributed by atoms with Crippen LogP contribution in [0.2, 0.25) is 10.0 Å². The second-order valence-electron chi connectivity index (χ2n) is 3.79. The van der Waals surface area contributed by atoms with Crippen LogP contribution in [-0.4, -0.2) is 17.4 Å². The number of nitrogens with one attached hydrogen (secondary N) is 1. The Labute approximate surface area is 121 Å². The molecule has 1 amide bonds. The molecule has 0 unspecified atom stereocenters. The van der Waals surface area contributed by atoms with Gasteiger partial charge in [-0.1, -0.05) is 29.3 Å². The van der Waals surface area contributed by atoms with E-state index >= 15 is 0 Å². The van der Waals surface area contributed by atoms with Gasteiger partial charge in [0.25, 0.3) is 0 Å². The Hall–Kier alpha value is -0.710. The summed E-state index contributed by atoms with van der Waals surface area (Å²) >= 11 is 13.5. The van der Waals surface area contributed by atoms with Crippen molar-refractivity contribution in [2.45, 2.75) is 19.6 Å². The summed E-state index contributed by atoms with van der Waals surface area (Å²) in [5.41, 5.74) is 4.12. The molecule has 0 aliphatic rings. The third kappa shape index (κ3) is 5.29. The van der Waals surface area contributed by atoms with E-state index in [4.69, 9.17) is 23.2 Å². The lowest BCUT2D eigenvalue weighted by atomic mass is 10.2. The van der Waals surface area contributed by atoms with Crippen LogP contribution in [0.25, 0.3) is 0 Å². The van der Waals surface area contributed by atoms with Crippen LogP contribution in [0.3, 0.4) is 0 Å². The maximum Gasteiger partial charge on any atom is 0.250 e. The van der Waals surface area contributed by atoms with Crippen molar-refractivity contribution in [1.29, 1.82) is 0 Å². The van der Waals surface area contributed by atoms with E-state index in [-0.39, 0.29) is 5.91 Å². The van der Waals surface area contributed by atoms with Crippen LogP contribution in [0.4, 0.5) is 0 Å². The highest BCUT2D eigenvalue weighted by Gasteiger charge is 2.07. The summed E-state index contributed by atoms with van der Waals surface area (Å²) in [6.07, 6.45) is 0. The van der Waals surface area contributed by atoms with E-state index in [0.29, 0.717) is 21.6 Å². The molecular weight excluding hydrogens is 291 g/mol. The quantitative estimate of drug-likeness (QED) is 0.665. The number of hydrogen-bond acceptors (Lipinski definition) is 3. The summed E-state index contributed by atoms with van der Waals surface area (Å²) in [6.45, 7) is 3.63. The minimum absolute atomic E-state index is 0.135. The van der Waals surface area contributed by atoms with E-state index in [1.807, 2.05) is 13.8 Å². The fraction of sp³-hybridized carbons (Fsp3) is 0.333. The summed E-state index contributed by atoms with van der Waals surface area (Å²) < 4.78 is 0. The van der Waals surface area contributed by atoms with E-state index in [1.54, 1.807) is 18.2 Å². The number of hydrogen-bond donors (Lipinski definition) is 1. The molecule has 0 atom stereocenters. The fourth-order valence-corrected chi connectivity index (χ4v) is 2.68. The van der Waals surface area contributed by atoms with Gasteiger partial charge in [0.05, 0.1) is 5.75 Å². The first-order valence-electron chi connectivity index (χ1n) is 5.31. The predicted molar refractivity (Wildman–Crippen MR) is 79.5 cm³/mol. The molecule has 0 spiro atoms. The lowest BCUT2D eigenvalue weighted by Gasteiger charge is -2.06. The van der Waals surface area contributed by atoms with Crippen LogP contribution < -0.4 is 5.43 Å². The predicted octanol–water partition coefficient (Wildman–Crippen LogP) is 3.74. The average molecular weight is 305 g/mol. The van der Waals surface area contributed by atoms with E-state index < -0.39 is 0 Å². The van der Waals surface area contributed by atoms with E-state index in [2.05, 4.69) is 10.5 Å². The van der Waals surface area contributed by atoms with Gasteiger partial charge in [-0.25, -0.2) is 5.43 Å². The highest BCUT2D eigenvalue weighted by atomic mass is 35.5. The van der Waals surface area contributed by atoms with Gasteiger partial charge in [-0.2, -0.15) is 5.10 Å². The van der Waals surface area contributed by atoms with Crippen LogP contribution in [0, 0.1) is 0 Å². The molecule has 1 N–H and O–H groups in total. The van der Waals surface area contributed by atoms with Crippen molar-refractivity contribution in [3.8, 4) is 0 Å². The number of thioether (sulfide) groups is 1. The topological polar surface area (TPSA) is 41.5 Å². The number of rotatable bonds is 5. The van der Waals surface area contributed by atoms with Gasteiger partial charge < -0.3 is 0 Å². The van der Waals surface area contributed by atoms with Crippen LogP contribution >= 0.6 is 35.0 Å². The van der Waals surface area contributed by atoms with Crippen molar-refractivity contribution in [2.24, 2.45) is 5.10 Å². The first kappa shape index (κ1) is 15.3. The maximum atomic E-state index is 11.4. The SMILES string of the molecule is CC(C)=NNC(=O)CSCc1c(Cl)cccc1Cl.